The van der Waals surface area contributed by atoms with Crippen molar-refractivity contribution in [3.8, 4) is 0 Å². The van der Waals surface area contributed by atoms with Crippen molar-refractivity contribution >= 4 is 20.1 Å². The first-order valence-corrected chi connectivity index (χ1v) is 9.36. The summed E-state index contributed by atoms with van der Waals surface area (Å²) < 4.78 is 18.7. The molecule has 1 rings (SSSR count). The molecule has 0 spiro atoms. The van der Waals surface area contributed by atoms with Crippen molar-refractivity contribution in [2.24, 2.45) is 0 Å². The van der Waals surface area contributed by atoms with Gasteiger partial charge >= 0.3 is 0 Å². The van der Waals surface area contributed by atoms with Crippen LogP contribution in [0.15, 0.2) is 35.2 Å². The second kappa shape index (κ2) is 5.68. The Balaban J connectivity index is 2.32. The van der Waals surface area contributed by atoms with Crippen LogP contribution in [0.1, 0.15) is 0 Å². The highest BCUT2D eigenvalue weighted by Gasteiger charge is 2.20. The number of alkyl halides is 1. The summed E-state index contributed by atoms with van der Waals surface area (Å²) in [5, 5.41) is 0. The van der Waals surface area contributed by atoms with E-state index in [4.69, 9.17) is 4.43 Å². The molecule has 0 aromatic heterocycles. The van der Waals surface area contributed by atoms with Crippen LogP contribution in [0.5, 0.6) is 0 Å². The van der Waals surface area contributed by atoms with Crippen LogP contribution in [0.4, 0.5) is 4.39 Å². The zero-order valence-electron chi connectivity index (χ0n) is 9.37. The molecule has 15 heavy (non-hydrogen) atoms. The Bertz CT molecular complexity index is 286. The molecule has 0 saturated carbocycles. The van der Waals surface area contributed by atoms with E-state index >= 15 is 0 Å². The molecule has 0 amide bonds. The van der Waals surface area contributed by atoms with E-state index in [0.29, 0.717) is 5.75 Å². The van der Waals surface area contributed by atoms with Crippen molar-refractivity contribution in [1.82, 2.24) is 0 Å². The fourth-order valence-electron chi connectivity index (χ4n) is 1.10. The van der Waals surface area contributed by atoms with Gasteiger partial charge in [0.05, 0.1) is 5.75 Å². The Morgan fingerprint density at radius 1 is 1.27 bits per heavy atom. The van der Waals surface area contributed by atoms with E-state index in [1.807, 2.05) is 50.0 Å². The predicted molar refractivity (Wildman–Crippen MR) is 66.5 cm³/mol. The molecule has 1 aromatic rings. The Hall–Kier alpha value is -0.323. The van der Waals surface area contributed by atoms with Crippen LogP contribution in [0.25, 0.3) is 0 Å². The summed E-state index contributed by atoms with van der Waals surface area (Å²) in [5.74, 6) is 0.369. The number of benzene rings is 1. The zero-order valence-corrected chi connectivity index (χ0v) is 11.2. The Labute approximate surface area is 96.2 Å². The van der Waals surface area contributed by atoms with Gasteiger partial charge in [0.1, 0.15) is 0 Å². The maximum absolute atomic E-state index is 13.4. The molecule has 84 valence electrons. The second-order valence-electron chi connectivity index (χ2n) is 4.26. The van der Waals surface area contributed by atoms with Gasteiger partial charge in [0.15, 0.2) is 14.7 Å². The number of hydrogen-bond acceptors (Lipinski definition) is 2. The summed E-state index contributed by atoms with van der Waals surface area (Å²) >= 11 is 1.49. The topological polar surface area (TPSA) is 9.23 Å². The molecule has 1 nitrogen and oxygen atoms in total. The first-order valence-electron chi connectivity index (χ1n) is 4.97. The van der Waals surface area contributed by atoms with Crippen LogP contribution < -0.4 is 0 Å². The van der Waals surface area contributed by atoms with Gasteiger partial charge in [-0.25, -0.2) is 4.39 Å². The summed E-state index contributed by atoms with van der Waals surface area (Å²) in [6.07, 6.45) is -1.15. The molecule has 0 N–H and O–H groups in total. The second-order valence-corrected chi connectivity index (χ2v) is 9.82. The molecule has 0 aliphatic carbocycles. The molecular formula is C11H17FOSSi. The average Bonchev–Trinajstić information content (AvgIpc) is 2.14. The van der Waals surface area contributed by atoms with Crippen molar-refractivity contribution in [3.05, 3.63) is 30.3 Å². The minimum Gasteiger partial charge on any atom is -0.389 e. The number of hydrogen-bond donors (Lipinski definition) is 0. The normalized spacial score (nSPS) is 13.9. The number of halogens is 1. The summed E-state index contributed by atoms with van der Waals surface area (Å²) in [6.45, 7) is 5.98. The van der Waals surface area contributed by atoms with Gasteiger partial charge < -0.3 is 4.43 Å². The summed E-state index contributed by atoms with van der Waals surface area (Å²) in [4.78, 5) is 1.08. The van der Waals surface area contributed by atoms with Crippen molar-refractivity contribution in [1.29, 1.82) is 0 Å². The molecule has 4 heteroatoms. The maximum Gasteiger partial charge on any atom is 0.199 e. The summed E-state index contributed by atoms with van der Waals surface area (Å²) in [7, 11) is -1.75. The Morgan fingerprint density at radius 2 is 1.87 bits per heavy atom. The van der Waals surface area contributed by atoms with E-state index in [1.54, 1.807) is 0 Å². The molecular weight excluding hydrogens is 227 g/mol. The van der Waals surface area contributed by atoms with Gasteiger partial charge in [0.25, 0.3) is 0 Å². The lowest BCUT2D eigenvalue weighted by Crippen LogP contribution is -2.30. The van der Waals surface area contributed by atoms with E-state index in [1.165, 1.54) is 11.8 Å². The lowest BCUT2D eigenvalue weighted by atomic mass is 10.4. The smallest absolute Gasteiger partial charge is 0.199 e. The fraction of sp³-hybridized carbons (Fsp3) is 0.455. The zero-order chi connectivity index (χ0) is 11.3. The predicted octanol–water partition coefficient (Wildman–Crippen LogP) is 3.93. The first-order chi connectivity index (χ1) is 6.97. The number of thioether (sulfide) groups is 1. The largest absolute Gasteiger partial charge is 0.389 e. The third kappa shape index (κ3) is 5.97. The average molecular weight is 244 g/mol. The fourth-order valence-corrected chi connectivity index (χ4v) is 2.81. The van der Waals surface area contributed by atoms with E-state index in [0.717, 1.165) is 4.90 Å². The molecule has 1 atom stereocenters. The van der Waals surface area contributed by atoms with Crippen LogP contribution in [0.2, 0.25) is 19.6 Å². The van der Waals surface area contributed by atoms with E-state index in [-0.39, 0.29) is 0 Å². The van der Waals surface area contributed by atoms with Gasteiger partial charge in [-0.3, -0.25) is 0 Å². The molecule has 0 aliphatic heterocycles. The van der Waals surface area contributed by atoms with Gasteiger partial charge in [0, 0.05) is 4.90 Å². The highest BCUT2D eigenvalue weighted by molar-refractivity contribution is 7.99. The van der Waals surface area contributed by atoms with Crippen LogP contribution >= 0.6 is 11.8 Å². The Kier molecular flexibility index (Phi) is 4.82. The standard InChI is InChI=1S/C11H17FOSSi/c1-15(2,3)13-11(12)9-14-10-7-5-4-6-8-10/h4-8,11H,9H2,1-3H3. The summed E-state index contributed by atoms with van der Waals surface area (Å²) in [5.41, 5.74) is 0. The van der Waals surface area contributed by atoms with Crippen molar-refractivity contribution in [3.63, 3.8) is 0 Å². The molecule has 0 radical (unpaired) electrons. The molecule has 0 aliphatic rings. The van der Waals surface area contributed by atoms with Gasteiger partial charge in [-0.05, 0) is 31.8 Å². The molecule has 1 aromatic carbocycles. The number of rotatable bonds is 5. The SMILES string of the molecule is C[Si](C)(C)OC(F)CSc1ccccc1. The first kappa shape index (κ1) is 12.7. The van der Waals surface area contributed by atoms with Crippen LogP contribution in [-0.2, 0) is 4.43 Å². The van der Waals surface area contributed by atoms with Crippen LogP contribution in [-0.4, -0.2) is 20.4 Å². The molecule has 1 unspecified atom stereocenters. The highest BCUT2D eigenvalue weighted by atomic mass is 32.2. The van der Waals surface area contributed by atoms with E-state index < -0.39 is 14.7 Å². The Morgan fingerprint density at radius 3 is 2.40 bits per heavy atom. The molecule has 0 fully saturated rings. The van der Waals surface area contributed by atoms with Crippen molar-refractivity contribution < 1.29 is 8.82 Å². The quantitative estimate of drug-likeness (QED) is 0.573. The lowest BCUT2D eigenvalue weighted by Gasteiger charge is -2.20. The van der Waals surface area contributed by atoms with Crippen LogP contribution in [0.3, 0.4) is 0 Å². The molecule has 0 bridgehead atoms. The maximum atomic E-state index is 13.4. The monoisotopic (exact) mass is 244 g/mol. The lowest BCUT2D eigenvalue weighted by molar-refractivity contribution is 0.0833. The minimum atomic E-state index is -1.75. The van der Waals surface area contributed by atoms with Crippen molar-refractivity contribution in [2.75, 3.05) is 5.75 Å². The van der Waals surface area contributed by atoms with E-state index in [2.05, 4.69) is 0 Å². The third-order valence-electron chi connectivity index (χ3n) is 1.61. The van der Waals surface area contributed by atoms with Crippen molar-refractivity contribution in [2.45, 2.75) is 30.9 Å². The van der Waals surface area contributed by atoms with Crippen LogP contribution in [0, 0.1) is 0 Å². The van der Waals surface area contributed by atoms with E-state index in [9.17, 15) is 4.39 Å². The molecule has 0 heterocycles. The van der Waals surface area contributed by atoms with Gasteiger partial charge in [0.2, 0.25) is 0 Å². The minimum absolute atomic E-state index is 0.369. The van der Waals surface area contributed by atoms with Gasteiger partial charge in [-0.2, -0.15) is 0 Å². The summed E-state index contributed by atoms with van der Waals surface area (Å²) in [6, 6.07) is 9.82. The van der Waals surface area contributed by atoms with Gasteiger partial charge in [-0.1, -0.05) is 18.2 Å². The highest BCUT2D eigenvalue weighted by Crippen LogP contribution is 2.20. The molecule has 0 saturated heterocycles. The van der Waals surface area contributed by atoms with Gasteiger partial charge in [-0.15, -0.1) is 11.8 Å². The third-order valence-corrected chi connectivity index (χ3v) is 3.60.